The molecule has 0 unspecified atom stereocenters. The van der Waals surface area contributed by atoms with Gasteiger partial charge in [0.15, 0.2) is 0 Å². The Labute approximate surface area is 127 Å². The van der Waals surface area contributed by atoms with Crippen LogP contribution in [-0.4, -0.2) is 8.07 Å². The molecule has 0 radical (unpaired) electrons. The monoisotopic (exact) mass is 298 g/mol. The van der Waals surface area contributed by atoms with Crippen molar-refractivity contribution in [3.63, 3.8) is 0 Å². The van der Waals surface area contributed by atoms with Gasteiger partial charge in [-0.05, 0) is 21.7 Å². The van der Waals surface area contributed by atoms with Crippen LogP contribution in [0, 0.1) is 0 Å². The maximum Gasteiger partial charge on any atom is 0.0857 e. The van der Waals surface area contributed by atoms with Crippen molar-refractivity contribution in [1.82, 2.24) is 0 Å². The van der Waals surface area contributed by atoms with Crippen molar-refractivity contribution in [1.29, 1.82) is 0 Å². The van der Waals surface area contributed by atoms with E-state index in [1.165, 1.54) is 11.1 Å². The lowest BCUT2D eigenvalue weighted by Crippen LogP contribution is -2.22. The Morgan fingerprint density at radius 2 is 1.45 bits per heavy atom. The Morgan fingerprint density at radius 3 is 2.00 bits per heavy atom. The summed E-state index contributed by atoms with van der Waals surface area (Å²) >= 11 is 2.00. The van der Waals surface area contributed by atoms with Crippen LogP contribution in [0.2, 0.25) is 19.6 Å². The average Bonchev–Trinajstić information content (AvgIpc) is 2.44. The molecule has 0 heterocycles. The van der Waals surface area contributed by atoms with Crippen molar-refractivity contribution in [2.75, 3.05) is 0 Å². The van der Waals surface area contributed by atoms with Crippen LogP contribution in [0.25, 0.3) is 6.08 Å². The summed E-state index contributed by atoms with van der Waals surface area (Å²) in [6, 6.07) is 21.4. The maximum atomic E-state index is 2.42. The van der Waals surface area contributed by atoms with Crippen LogP contribution >= 0.6 is 11.8 Å². The molecule has 0 aliphatic heterocycles. The molecule has 0 bridgehead atoms. The van der Waals surface area contributed by atoms with E-state index in [0.717, 1.165) is 5.75 Å². The number of thioether (sulfide) groups is 1. The standard InChI is InChI=1S/C18H22SSi/c1-20(2,3)18(14-16-10-6-4-7-11-16)19-15-17-12-8-5-9-13-17/h4-14H,15H2,1-3H3/b18-14+. The van der Waals surface area contributed by atoms with Crippen LogP contribution in [-0.2, 0) is 5.75 Å². The molecule has 2 aromatic rings. The summed E-state index contributed by atoms with van der Waals surface area (Å²) in [4.78, 5) is 0. The zero-order valence-electron chi connectivity index (χ0n) is 12.5. The molecule has 0 aliphatic carbocycles. The van der Waals surface area contributed by atoms with Gasteiger partial charge in [-0.1, -0.05) is 80.3 Å². The van der Waals surface area contributed by atoms with Crippen molar-refractivity contribution in [2.45, 2.75) is 25.4 Å². The molecule has 0 nitrogen and oxygen atoms in total. The van der Waals surface area contributed by atoms with Gasteiger partial charge in [-0.25, -0.2) is 0 Å². The largest absolute Gasteiger partial charge is 0.130 e. The molecule has 0 aromatic heterocycles. The first kappa shape index (κ1) is 15.1. The lowest BCUT2D eigenvalue weighted by molar-refractivity contribution is 1.42. The third-order valence-corrected chi connectivity index (χ3v) is 7.87. The summed E-state index contributed by atoms with van der Waals surface area (Å²) in [6.45, 7) is 7.25. The normalized spacial score (nSPS) is 12.4. The highest BCUT2D eigenvalue weighted by Gasteiger charge is 2.20. The van der Waals surface area contributed by atoms with Crippen LogP contribution in [0.4, 0.5) is 0 Å². The van der Waals surface area contributed by atoms with E-state index < -0.39 is 8.07 Å². The van der Waals surface area contributed by atoms with Gasteiger partial charge in [-0.3, -0.25) is 0 Å². The summed E-state index contributed by atoms with van der Waals surface area (Å²) in [5, 5.41) is 0. The molecule has 104 valence electrons. The Morgan fingerprint density at radius 1 is 0.900 bits per heavy atom. The number of benzene rings is 2. The van der Waals surface area contributed by atoms with Gasteiger partial charge in [0.05, 0.1) is 8.07 Å². The molecular formula is C18H22SSi. The molecule has 2 heteroatoms. The first-order chi connectivity index (χ1) is 9.55. The van der Waals surface area contributed by atoms with Gasteiger partial charge in [0.1, 0.15) is 0 Å². The molecule has 0 spiro atoms. The number of hydrogen-bond acceptors (Lipinski definition) is 1. The predicted molar refractivity (Wildman–Crippen MR) is 95.5 cm³/mol. The van der Waals surface area contributed by atoms with E-state index in [1.54, 1.807) is 4.53 Å². The first-order valence-electron chi connectivity index (χ1n) is 7.00. The number of rotatable bonds is 5. The summed E-state index contributed by atoms with van der Waals surface area (Å²) in [6.07, 6.45) is 2.37. The Hall–Kier alpha value is -1.25. The second-order valence-corrected chi connectivity index (χ2v) is 12.4. The van der Waals surface area contributed by atoms with E-state index in [1.807, 2.05) is 11.8 Å². The van der Waals surface area contributed by atoms with Crippen LogP contribution < -0.4 is 0 Å². The second-order valence-electron chi connectivity index (χ2n) is 5.94. The Balaban J connectivity index is 2.15. The molecule has 2 rings (SSSR count). The highest BCUT2D eigenvalue weighted by atomic mass is 32.2. The highest BCUT2D eigenvalue weighted by Crippen LogP contribution is 2.31. The van der Waals surface area contributed by atoms with Crippen molar-refractivity contribution >= 4 is 25.9 Å². The molecule has 20 heavy (non-hydrogen) atoms. The van der Waals surface area contributed by atoms with E-state index in [2.05, 4.69) is 86.4 Å². The zero-order chi connectivity index (χ0) is 14.4. The summed E-state index contributed by atoms with van der Waals surface area (Å²) in [5.41, 5.74) is 2.71. The molecule has 0 N–H and O–H groups in total. The smallest absolute Gasteiger partial charge is 0.0857 e. The molecule has 0 aliphatic rings. The van der Waals surface area contributed by atoms with E-state index in [-0.39, 0.29) is 0 Å². The first-order valence-corrected chi connectivity index (χ1v) is 11.5. The Bertz CT molecular complexity index is 553. The summed E-state index contributed by atoms with van der Waals surface area (Å²) in [5.74, 6) is 1.06. The van der Waals surface area contributed by atoms with Gasteiger partial charge >= 0.3 is 0 Å². The lowest BCUT2D eigenvalue weighted by Gasteiger charge is -2.20. The average molecular weight is 299 g/mol. The SMILES string of the molecule is C[Si](C)(C)/C(=C/c1ccccc1)SCc1ccccc1. The predicted octanol–water partition coefficient (Wildman–Crippen LogP) is 5.84. The van der Waals surface area contributed by atoms with E-state index in [9.17, 15) is 0 Å². The van der Waals surface area contributed by atoms with E-state index in [0.29, 0.717) is 0 Å². The van der Waals surface area contributed by atoms with Gasteiger partial charge in [0.25, 0.3) is 0 Å². The molecule has 0 amide bonds. The van der Waals surface area contributed by atoms with Crippen molar-refractivity contribution < 1.29 is 0 Å². The second kappa shape index (κ2) is 6.96. The fourth-order valence-corrected chi connectivity index (χ4v) is 5.19. The van der Waals surface area contributed by atoms with Crippen molar-refractivity contribution in [3.05, 3.63) is 76.3 Å². The maximum absolute atomic E-state index is 2.42. The van der Waals surface area contributed by atoms with E-state index >= 15 is 0 Å². The lowest BCUT2D eigenvalue weighted by atomic mass is 10.2. The molecule has 0 saturated heterocycles. The topological polar surface area (TPSA) is 0 Å². The minimum Gasteiger partial charge on any atom is -0.130 e. The van der Waals surface area contributed by atoms with Gasteiger partial charge in [0.2, 0.25) is 0 Å². The van der Waals surface area contributed by atoms with Gasteiger partial charge in [0, 0.05) is 5.75 Å². The number of hydrogen-bond donors (Lipinski definition) is 0. The third kappa shape index (κ3) is 4.69. The Kier molecular flexibility index (Phi) is 5.27. The summed E-state index contributed by atoms with van der Waals surface area (Å²) in [7, 11) is -1.30. The van der Waals surface area contributed by atoms with Crippen LogP contribution in [0.15, 0.2) is 65.2 Å². The molecule has 0 atom stereocenters. The van der Waals surface area contributed by atoms with E-state index in [4.69, 9.17) is 0 Å². The minimum atomic E-state index is -1.30. The van der Waals surface area contributed by atoms with Crippen LogP contribution in [0.5, 0.6) is 0 Å². The molecular weight excluding hydrogens is 276 g/mol. The zero-order valence-corrected chi connectivity index (χ0v) is 14.3. The highest BCUT2D eigenvalue weighted by molar-refractivity contribution is 8.04. The van der Waals surface area contributed by atoms with Gasteiger partial charge in [-0.2, -0.15) is 0 Å². The van der Waals surface area contributed by atoms with Crippen molar-refractivity contribution in [2.24, 2.45) is 0 Å². The minimum absolute atomic E-state index is 1.06. The molecule has 0 fully saturated rings. The molecule has 0 saturated carbocycles. The fourth-order valence-electron chi connectivity index (χ4n) is 1.91. The molecule has 2 aromatic carbocycles. The quantitative estimate of drug-likeness (QED) is 0.625. The van der Waals surface area contributed by atoms with Gasteiger partial charge in [-0.15, -0.1) is 11.8 Å². The third-order valence-electron chi connectivity index (χ3n) is 3.07. The summed E-state index contributed by atoms with van der Waals surface area (Å²) < 4.78 is 1.56. The van der Waals surface area contributed by atoms with Crippen LogP contribution in [0.1, 0.15) is 11.1 Å². The fraction of sp³-hybridized carbons (Fsp3) is 0.222. The van der Waals surface area contributed by atoms with Crippen LogP contribution in [0.3, 0.4) is 0 Å². The van der Waals surface area contributed by atoms with Gasteiger partial charge < -0.3 is 0 Å². The van der Waals surface area contributed by atoms with Crippen molar-refractivity contribution in [3.8, 4) is 0 Å².